The molecule has 0 spiro atoms. The molecule has 10 rings (SSSR count). The molecule has 0 radical (unpaired) electrons. The van der Waals surface area contributed by atoms with Crippen molar-refractivity contribution in [1.82, 2.24) is 51.1 Å². The number of rotatable bonds is 22. The first-order valence-corrected chi connectivity index (χ1v) is 52.9. The average molecular weight is 1780 g/mol. The second-order valence-corrected chi connectivity index (χ2v) is 55.4. The van der Waals surface area contributed by atoms with Gasteiger partial charge in [-0.2, -0.15) is 0 Å². The third-order valence-corrected chi connectivity index (χ3v) is 27.4. The molecular weight excluding hydrogens is 1660 g/mol. The van der Waals surface area contributed by atoms with Crippen molar-refractivity contribution in [3.8, 4) is 0 Å². The van der Waals surface area contributed by atoms with Crippen LogP contribution in [0.4, 0.5) is 0 Å². The van der Waals surface area contributed by atoms with Gasteiger partial charge in [0.25, 0.3) is 23.6 Å². The molecule has 38 heteroatoms. The fourth-order valence-corrected chi connectivity index (χ4v) is 18.0. The third-order valence-electron chi connectivity index (χ3n) is 19.3. The predicted octanol–water partition coefficient (Wildman–Crippen LogP) is 0.545. The standard InChI is InChI=1S/C17H28N3O4P.C15H25N2O4P.C14H22IN2O4P.C14H23N2O5P.C14H25N2O4P/c1-11-19-16(23)12(6-5-8-18)10-20(11)17-15(22)14(21)13(24-17)7-9-25(2,3)4;1-9-8-17(10(2)16-14(9)20)15-13(19)12(18)11(21-15)6-7-22(3,4)5;1-8-16-13(20)9(15)7-17(8)14-12(19)11(18)10(21-14)5-6-22(2,3)4;1-8-15-13(20)9(17)7-16(8)14-12(19)11(18)10(21-14)5-6-22(2,3)4;1-9-15-11(17)5-7-16(9)14-13(19)12(18)10(20-14)6-8-21(2,3)4/h5-6,10,13-15,17,21-22H,1-2,7-9,18H2,3-4H3,(H,19,23);8,11-13,15,18-19H,2-3,6-7H2,1,4-5H3,(H,16,20);7,10-12,14,18-19H,1-2,5-6H2,3-4H3,(H,16,20);7,10-12,14,17-19H,1-2,5-6H2,3-4H3,(H,15,20);10,12-14,18-19H,1-2,5-8H2,3-4H3,(H,15,17)/b6-5+;;;;. The first-order valence-electron chi connectivity index (χ1n) is 36.5. The SMILES string of the molecule is C=C1NC(=O)C(/C=C/CN)=CN1C1OC(CCP(=C)(C)C)C(O)C1O.C=C1NC(=O)C(C)=CN1C1OC(CCP(=C)(C)C)C(O)C1O.C=C1NC(=O)C(I)=CN1C1OC(CCP(=C)(C)C)C(O)C1O.C=C1NC(=O)C(O)=CN1C1OC(CCP(=C)(C)C)C(O)C1O.C=C1NC(=O)CCN1C1OC(CCP(=C)(C)C)C(O)C1O. The molecule has 0 aromatic heterocycles. The van der Waals surface area contributed by atoms with Crippen molar-refractivity contribution < 1.29 is 104 Å². The Morgan fingerprint density at radius 3 is 1.06 bits per heavy atom. The Hall–Kier alpha value is -4.86. The first kappa shape index (κ1) is 96.0. The highest BCUT2D eigenvalue weighted by Gasteiger charge is 2.52. The van der Waals surface area contributed by atoms with Crippen molar-refractivity contribution >= 4 is 118 Å². The molecule has 6 fully saturated rings. The number of nitrogens with one attached hydrogen (secondary N) is 5. The van der Waals surface area contributed by atoms with Gasteiger partial charge in [0.1, 0.15) is 90.1 Å². The Labute approximate surface area is 672 Å². The Bertz CT molecular complexity index is 3690. The van der Waals surface area contributed by atoms with E-state index >= 15 is 0 Å². The smallest absolute Gasteiger partial charge is 0.293 e. The Morgan fingerprint density at radius 1 is 0.429 bits per heavy atom. The Kier molecular flexibility index (Phi) is 34.3. The molecule has 18 N–H and O–H groups in total. The molecule has 0 aliphatic carbocycles. The van der Waals surface area contributed by atoms with Gasteiger partial charge in [0, 0.05) is 43.7 Å². The molecule has 10 aliphatic heterocycles. The van der Waals surface area contributed by atoms with Gasteiger partial charge in [-0.25, -0.2) is 0 Å². The summed E-state index contributed by atoms with van der Waals surface area (Å²) in [4.78, 5) is 65.4. The minimum absolute atomic E-state index is 0.0931. The molecule has 20 atom stereocenters. The summed E-state index contributed by atoms with van der Waals surface area (Å²) < 4.78 is 29.6. The van der Waals surface area contributed by atoms with Crippen LogP contribution in [0.1, 0.15) is 45.4 Å². The minimum Gasteiger partial charge on any atom is -0.502 e. The molecule has 10 aliphatic rings. The summed E-state index contributed by atoms with van der Waals surface area (Å²) in [5.74, 6) is -0.520. The molecular formula is C74H123IN11O21P5. The molecule has 0 saturated carbocycles. The molecule has 112 heavy (non-hydrogen) atoms. The number of carbonyl (C=O) groups excluding carboxylic acids is 5. The number of ether oxygens (including phenoxy) is 5. The maximum absolute atomic E-state index is 12.0. The zero-order valence-electron chi connectivity index (χ0n) is 66.2. The summed E-state index contributed by atoms with van der Waals surface area (Å²) in [5.41, 5.74) is 6.29. The molecule has 0 aromatic rings. The van der Waals surface area contributed by atoms with E-state index in [2.05, 4.69) is 158 Å². The number of amides is 5. The van der Waals surface area contributed by atoms with Crippen molar-refractivity contribution in [3.05, 3.63) is 119 Å². The monoisotopic (exact) mass is 1780 g/mol. The molecule has 0 bridgehead atoms. The number of hydrogen-bond donors (Lipinski definition) is 17. The number of nitrogens with two attached hydrogens (primary N) is 1. The topological polar surface area (TPSA) is 456 Å². The van der Waals surface area contributed by atoms with E-state index in [4.69, 9.17) is 29.4 Å². The van der Waals surface area contributed by atoms with Crippen molar-refractivity contribution in [2.45, 2.75) is 168 Å². The van der Waals surface area contributed by atoms with E-state index in [0.717, 1.165) is 37.0 Å². The van der Waals surface area contributed by atoms with Gasteiger partial charge in [-0.3, -0.25) is 24.0 Å². The van der Waals surface area contributed by atoms with Crippen LogP contribution in [0.15, 0.2) is 119 Å². The van der Waals surface area contributed by atoms with Gasteiger partial charge in [-0.1, -0.05) is 45.0 Å². The van der Waals surface area contributed by atoms with E-state index in [1.54, 1.807) is 52.4 Å². The molecule has 0 aromatic carbocycles. The maximum atomic E-state index is 12.0. The molecule has 10 heterocycles. The summed E-state index contributed by atoms with van der Waals surface area (Å²) in [6.07, 6.45) is 21.1. The van der Waals surface area contributed by atoms with E-state index in [1.807, 2.05) is 22.6 Å². The van der Waals surface area contributed by atoms with Crippen LogP contribution in [0, 0.1) is 0 Å². The van der Waals surface area contributed by atoms with E-state index < -0.39 is 169 Å². The van der Waals surface area contributed by atoms with Crippen LogP contribution >= 0.6 is 57.0 Å². The zero-order valence-corrected chi connectivity index (χ0v) is 72.8. The lowest BCUT2D eigenvalue weighted by atomic mass is 10.1. The highest BCUT2D eigenvalue weighted by Crippen LogP contribution is 2.44. The quantitative estimate of drug-likeness (QED) is 0.0520. The second kappa shape index (κ2) is 40.1. The number of aliphatic hydroxyl groups is 11. The molecule has 5 amide bonds. The van der Waals surface area contributed by atoms with E-state index in [9.17, 15) is 80.1 Å². The van der Waals surface area contributed by atoms with Crippen molar-refractivity contribution in [2.75, 3.05) is 111 Å². The molecule has 20 unspecified atom stereocenters. The van der Waals surface area contributed by atoms with Gasteiger partial charge < -0.3 is 137 Å². The van der Waals surface area contributed by atoms with E-state index in [1.165, 1.54) is 9.80 Å². The van der Waals surface area contributed by atoms with Crippen molar-refractivity contribution in [2.24, 2.45) is 5.73 Å². The molecule has 32 nitrogen and oxygen atoms in total. The first-order chi connectivity index (χ1) is 51.6. The lowest BCUT2D eigenvalue weighted by Gasteiger charge is -2.36. The third kappa shape index (κ3) is 26.8. The number of nitrogens with zero attached hydrogens (tertiary/aromatic N) is 5. The highest BCUT2D eigenvalue weighted by atomic mass is 127. The van der Waals surface area contributed by atoms with Crippen LogP contribution in [-0.2, 0) is 47.7 Å². The van der Waals surface area contributed by atoms with Gasteiger partial charge in [-0.05, 0) is 159 Å². The van der Waals surface area contributed by atoms with Crippen LogP contribution in [0.3, 0.4) is 0 Å². The van der Waals surface area contributed by atoms with Crippen LogP contribution in [-0.4, -0.2) is 375 Å². The predicted molar refractivity (Wildman–Crippen MR) is 458 cm³/mol. The highest BCUT2D eigenvalue weighted by molar-refractivity contribution is 14.1. The second-order valence-electron chi connectivity index (χ2n) is 32.7. The van der Waals surface area contributed by atoms with Crippen molar-refractivity contribution in [1.29, 1.82) is 0 Å². The Balaban J connectivity index is 0.000000219. The van der Waals surface area contributed by atoms with Crippen LogP contribution < -0.4 is 32.3 Å². The van der Waals surface area contributed by atoms with Gasteiger partial charge in [0.15, 0.2) is 36.9 Å². The van der Waals surface area contributed by atoms with Crippen molar-refractivity contribution in [3.63, 3.8) is 0 Å². The Morgan fingerprint density at radius 2 is 0.723 bits per heavy atom. The van der Waals surface area contributed by atoms with Crippen LogP contribution in [0.5, 0.6) is 0 Å². The van der Waals surface area contributed by atoms with Crippen LogP contribution in [0.2, 0.25) is 0 Å². The van der Waals surface area contributed by atoms with Gasteiger partial charge in [0.05, 0.1) is 45.9 Å². The summed E-state index contributed by atoms with van der Waals surface area (Å²) in [6, 6.07) is 0. The lowest BCUT2D eigenvalue weighted by molar-refractivity contribution is -0.128. The summed E-state index contributed by atoms with van der Waals surface area (Å²) in [5, 5.41) is 125. The van der Waals surface area contributed by atoms with E-state index in [-0.39, 0.29) is 35.3 Å². The van der Waals surface area contributed by atoms with Gasteiger partial charge in [0.2, 0.25) is 5.91 Å². The summed E-state index contributed by atoms with van der Waals surface area (Å²) in [6.45, 7) is 36.2. The number of hydrogen-bond acceptors (Lipinski definition) is 27. The minimum atomic E-state index is -1.26. The fraction of sp³-hybridized carbons (Fsp3) is 0.595. The maximum Gasteiger partial charge on any atom is 0.293 e. The van der Waals surface area contributed by atoms with Gasteiger partial charge >= 0.3 is 0 Å². The fourth-order valence-electron chi connectivity index (χ4n) is 12.8. The van der Waals surface area contributed by atoms with E-state index in [0.29, 0.717) is 83.8 Å². The lowest BCUT2D eigenvalue weighted by Crippen LogP contribution is -2.51. The largest absolute Gasteiger partial charge is 0.502 e. The number of carbonyl (C=O) groups is 5. The average Bonchev–Trinajstić information content (AvgIpc) is 1.69. The normalized spacial score (nSPS) is 32.7. The van der Waals surface area contributed by atoms with Crippen LogP contribution in [0.25, 0.3) is 0 Å². The summed E-state index contributed by atoms with van der Waals surface area (Å²) >= 11 is 1.90. The zero-order chi connectivity index (χ0) is 84.5. The molecule has 6 saturated heterocycles. The molecule has 632 valence electrons. The summed E-state index contributed by atoms with van der Waals surface area (Å²) in [7, 11) is 0. The number of aliphatic hydroxyl groups excluding tert-OH is 11. The van der Waals surface area contributed by atoms with Gasteiger partial charge in [-0.15, -0.1) is 65.9 Å². The number of halogens is 1.